The molecule has 2 rings (SSSR count). The number of nitrogens with zero attached hydrogens (tertiary/aromatic N) is 2. The van der Waals surface area contributed by atoms with E-state index < -0.39 is 36.0 Å². The first-order valence-electron chi connectivity index (χ1n) is 8.02. The topological polar surface area (TPSA) is 148 Å². The number of aliphatic hydroxyl groups excluding tert-OH is 3. The zero-order chi connectivity index (χ0) is 20.0. The molecule has 9 nitrogen and oxygen atoms in total. The van der Waals surface area contributed by atoms with Crippen LogP contribution in [0.15, 0.2) is 47.4 Å². The molecular formula is C17H20ClN3O6. The van der Waals surface area contributed by atoms with Crippen molar-refractivity contribution in [1.29, 1.82) is 0 Å². The summed E-state index contributed by atoms with van der Waals surface area (Å²) in [4.78, 5) is 27.1. The number of benzene rings is 1. The number of esters is 1. The molecule has 1 unspecified atom stereocenters. The number of nitrogens with two attached hydrogens (primary N) is 1. The molecule has 27 heavy (non-hydrogen) atoms. The Morgan fingerprint density at radius 2 is 1.85 bits per heavy atom. The maximum absolute atomic E-state index is 12.0. The van der Waals surface area contributed by atoms with Crippen molar-refractivity contribution in [2.24, 2.45) is 5.92 Å². The van der Waals surface area contributed by atoms with Crippen LogP contribution in [0.5, 0.6) is 0 Å². The first-order valence-corrected chi connectivity index (χ1v) is 8.55. The molecule has 0 aliphatic heterocycles. The highest BCUT2D eigenvalue weighted by molar-refractivity contribution is 6.18. The van der Waals surface area contributed by atoms with Gasteiger partial charge >= 0.3 is 11.7 Å². The standard InChI is InChI=1S/C17H20ClN3O6/c18-8-11(9-27-16(25)10-4-2-1-3-5-10)13(22)14(23)15(24)21-7-6-12(19)20-17(21)26/h1-7,11,13-15,22-24H,8-9H2,(H2,19,20,26)/t11-,13+,14?,15+/m0/s1. The smallest absolute Gasteiger partial charge is 0.351 e. The lowest BCUT2D eigenvalue weighted by Gasteiger charge is -2.28. The SMILES string of the molecule is Nc1ccn([C@H](O)C(O)[C@H](O)[C@@H](CCl)COC(=O)c2ccccc2)c(=O)n1. The Labute approximate surface area is 159 Å². The summed E-state index contributed by atoms with van der Waals surface area (Å²) in [6.45, 7) is -0.295. The van der Waals surface area contributed by atoms with Gasteiger partial charge in [-0.3, -0.25) is 4.57 Å². The predicted octanol–water partition coefficient (Wildman–Crippen LogP) is -0.250. The molecule has 1 heterocycles. The summed E-state index contributed by atoms with van der Waals surface area (Å²) in [5, 5.41) is 30.6. The molecule has 10 heteroatoms. The third-order valence-corrected chi connectivity index (χ3v) is 4.31. The summed E-state index contributed by atoms with van der Waals surface area (Å²) in [6, 6.07) is 9.46. The predicted molar refractivity (Wildman–Crippen MR) is 97.1 cm³/mol. The largest absolute Gasteiger partial charge is 0.462 e. The highest BCUT2D eigenvalue weighted by Gasteiger charge is 2.33. The zero-order valence-electron chi connectivity index (χ0n) is 14.2. The second kappa shape index (κ2) is 9.47. The maximum atomic E-state index is 12.0. The molecule has 0 spiro atoms. The maximum Gasteiger partial charge on any atom is 0.351 e. The van der Waals surface area contributed by atoms with Gasteiger partial charge in [0.1, 0.15) is 11.9 Å². The zero-order valence-corrected chi connectivity index (χ0v) is 14.9. The van der Waals surface area contributed by atoms with Crippen LogP contribution in [-0.2, 0) is 4.74 Å². The van der Waals surface area contributed by atoms with E-state index in [1.165, 1.54) is 6.07 Å². The Balaban J connectivity index is 2.03. The molecule has 4 atom stereocenters. The number of aliphatic hydroxyl groups is 3. The Morgan fingerprint density at radius 3 is 2.44 bits per heavy atom. The summed E-state index contributed by atoms with van der Waals surface area (Å²) < 4.78 is 5.82. The van der Waals surface area contributed by atoms with Crippen LogP contribution in [0, 0.1) is 5.92 Å². The van der Waals surface area contributed by atoms with Crippen LogP contribution in [0.3, 0.4) is 0 Å². The molecule has 0 aliphatic carbocycles. The van der Waals surface area contributed by atoms with Gasteiger partial charge in [-0.05, 0) is 18.2 Å². The van der Waals surface area contributed by atoms with Crippen molar-refractivity contribution in [2.75, 3.05) is 18.2 Å². The highest BCUT2D eigenvalue weighted by atomic mass is 35.5. The van der Waals surface area contributed by atoms with Crippen molar-refractivity contribution in [1.82, 2.24) is 9.55 Å². The van der Waals surface area contributed by atoms with Crippen LogP contribution in [-0.4, -0.2) is 55.5 Å². The van der Waals surface area contributed by atoms with E-state index in [4.69, 9.17) is 22.1 Å². The third kappa shape index (κ3) is 5.27. The minimum Gasteiger partial charge on any atom is -0.462 e. The Bertz CT molecular complexity index is 816. The quantitative estimate of drug-likeness (QED) is 0.352. The molecule has 0 radical (unpaired) electrons. The molecule has 2 aromatic rings. The van der Waals surface area contributed by atoms with Crippen LogP contribution in [0.25, 0.3) is 0 Å². The first kappa shape index (κ1) is 20.8. The second-order valence-corrected chi connectivity index (χ2v) is 6.12. The lowest BCUT2D eigenvalue weighted by Crippen LogP contribution is -2.44. The van der Waals surface area contributed by atoms with Gasteiger partial charge in [-0.1, -0.05) is 18.2 Å². The van der Waals surface area contributed by atoms with Gasteiger partial charge in [-0.15, -0.1) is 11.6 Å². The van der Waals surface area contributed by atoms with Crippen molar-refractivity contribution in [3.05, 3.63) is 58.6 Å². The molecule has 0 aliphatic rings. The minimum absolute atomic E-state index is 0.0510. The van der Waals surface area contributed by atoms with E-state index >= 15 is 0 Å². The number of alkyl halides is 1. The van der Waals surface area contributed by atoms with Gasteiger partial charge in [0.05, 0.1) is 18.3 Å². The first-order chi connectivity index (χ1) is 12.8. The lowest BCUT2D eigenvalue weighted by molar-refractivity contribution is -0.113. The van der Waals surface area contributed by atoms with E-state index in [1.54, 1.807) is 30.3 Å². The van der Waals surface area contributed by atoms with Crippen molar-refractivity contribution in [3.63, 3.8) is 0 Å². The molecule has 1 aromatic carbocycles. The Kier molecular flexibility index (Phi) is 7.31. The molecule has 0 fully saturated rings. The molecular weight excluding hydrogens is 378 g/mol. The summed E-state index contributed by atoms with van der Waals surface area (Å²) in [7, 11) is 0. The van der Waals surface area contributed by atoms with Gasteiger partial charge in [-0.2, -0.15) is 4.98 Å². The minimum atomic E-state index is -1.80. The van der Waals surface area contributed by atoms with Crippen LogP contribution >= 0.6 is 11.6 Å². The van der Waals surface area contributed by atoms with Gasteiger partial charge in [0.2, 0.25) is 0 Å². The average molecular weight is 398 g/mol. The van der Waals surface area contributed by atoms with E-state index in [0.717, 1.165) is 6.20 Å². The molecule has 0 amide bonds. The summed E-state index contributed by atoms with van der Waals surface area (Å²) in [6.07, 6.45) is -4.02. The number of halogens is 1. The van der Waals surface area contributed by atoms with Gasteiger partial charge in [0.25, 0.3) is 0 Å². The number of ether oxygens (including phenoxy) is 1. The number of hydrogen-bond acceptors (Lipinski definition) is 8. The van der Waals surface area contributed by atoms with Gasteiger partial charge < -0.3 is 25.8 Å². The Hall–Kier alpha value is -2.46. The van der Waals surface area contributed by atoms with Crippen LogP contribution in [0.2, 0.25) is 0 Å². The summed E-state index contributed by atoms with van der Waals surface area (Å²) in [5.74, 6) is -1.72. The fourth-order valence-corrected chi connectivity index (χ4v) is 2.59. The Morgan fingerprint density at radius 1 is 1.19 bits per heavy atom. The number of rotatable bonds is 8. The van der Waals surface area contributed by atoms with Gasteiger partial charge in [-0.25, -0.2) is 9.59 Å². The van der Waals surface area contributed by atoms with E-state index in [0.29, 0.717) is 10.1 Å². The van der Waals surface area contributed by atoms with E-state index in [-0.39, 0.29) is 18.3 Å². The van der Waals surface area contributed by atoms with E-state index in [2.05, 4.69) is 4.98 Å². The number of hydrogen-bond donors (Lipinski definition) is 4. The van der Waals surface area contributed by atoms with Crippen LogP contribution < -0.4 is 11.4 Å². The van der Waals surface area contributed by atoms with Crippen molar-refractivity contribution in [2.45, 2.75) is 18.4 Å². The fraction of sp³-hybridized carbons (Fsp3) is 0.353. The lowest BCUT2D eigenvalue weighted by atomic mass is 9.99. The number of aromatic nitrogens is 2. The van der Waals surface area contributed by atoms with Gasteiger partial charge in [0.15, 0.2) is 6.23 Å². The number of nitrogen functional groups attached to an aromatic ring is 1. The van der Waals surface area contributed by atoms with Crippen molar-refractivity contribution < 1.29 is 24.9 Å². The second-order valence-electron chi connectivity index (χ2n) is 5.82. The molecule has 146 valence electrons. The fourth-order valence-electron chi connectivity index (χ4n) is 2.32. The third-order valence-electron chi connectivity index (χ3n) is 3.91. The molecule has 0 saturated carbocycles. The normalized spacial score (nSPS) is 15.6. The van der Waals surface area contributed by atoms with Crippen molar-refractivity contribution in [3.8, 4) is 0 Å². The van der Waals surface area contributed by atoms with Crippen molar-refractivity contribution >= 4 is 23.4 Å². The average Bonchev–Trinajstić information content (AvgIpc) is 2.67. The molecule has 1 aromatic heterocycles. The summed E-state index contributed by atoms with van der Waals surface area (Å²) in [5.41, 5.74) is 4.79. The number of carbonyl (C=O) groups is 1. The number of anilines is 1. The van der Waals surface area contributed by atoms with Crippen LogP contribution in [0.1, 0.15) is 16.6 Å². The molecule has 0 saturated heterocycles. The molecule has 5 N–H and O–H groups in total. The van der Waals surface area contributed by atoms with E-state index in [1.807, 2.05) is 0 Å². The van der Waals surface area contributed by atoms with E-state index in [9.17, 15) is 24.9 Å². The number of carbonyl (C=O) groups excluding carboxylic acids is 1. The molecule has 0 bridgehead atoms. The summed E-state index contributed by atoms with van der Waals surface area (Å²) >= 11 is 5.80. The van der Waals surface area contributed by atoms with Crippen LogP contribution in [0.4, 0.5) is 5.82 Å². The monoisotopic (exact) mass is 397 g/mol. The highest BCUT2D eigenvalue weighted by Crippen LogP contribution is 2.18. The van der Waals surface area contributed by atoms with Gasteiger partial charge in [0, 0.05) is 18.0 Å².